The molecule has 0 amide bonds. The van der Waals surface area contributed by atoms with Crippen molar-refractivity contribution >= 4 is 50.4 Å². The van der Waals surface area contributed by atoms with E-state index < -0.39 is 0 Å². The molecule has 0 fully saturated rings. The molecule has 11 rings (SSSR count). The molecular formula is C61H50N2O. The molecule has 0 atom stereocenters. The first-order valence-corrected chi connectivity index (χ1v) is 22.3. The summed E-state index contributed by atoms with van der Waals surface area (Å²) in [5.41, 5.74) is 20.8. The largest absolute Gasteiger partial charge is 0.456 e. The molecule has 64 heavy (non-hydrogen) atoms. The highest BCUT2D eigenvalue weighted by Gasteiger charge is 2.38. The maximum Gasteiger partial charge on any atom is 0.135 e. The van der Waals surface area contributed by atoms with Gasteiger partial charge in [-0.2, -0.15) is 0 Å². The molecule has 0 unspecified atom stereocenters. The molecule has 1 N–H and O–H groups in total. The van der Waals surface area contributed by atoms with E-state index in [1.807, 2.05) is 12.1 Å². The zero-order valence-corrected chi connectivity index (χ0v) is 37.0. The minimum Gasteiger partial charge on any atom is -0.456 e. The van der Waals surface area contributed by atoms with Gasteiger partial charge >= 0.3 is 0 Å². The Morgan fingerprint density at radius 3 is 1.97 bits per heavy atom. The SMILES string of the molecule is CC(C)(C)c1ccc2c(c1)C(C)(C)c1cccc(-c3ccccc3N(c3ccc(-c4ccc5oc6ccccc6c5c4)cc3)c3cccc(Nc4ccccc4-c4ccccc4)c3)c1-2. The van der Waals surface area contributed by atoms with Crippen molar-refractivity contribution in [1.29, 1.82) is 0 Å². The third-order valence-corrected chi connectivity index (χ3v) is 13.2. The summed E-state index contributed by atoms with van der Waals surface area (Å²) < 4.78 is 6.18. The third kappa shape index (κ3) is 6.76. The van der Waals surface area contributed by atoms with E-state index in [0.717, 1.165) is 67.1 Å². The second-order valence-corrected chi connectivity index (χ2v) is 18.7. The Balaban J connectivity index is 1.06. The van der Waals surface area contributed by atoms with Crippen LogP contribution in [0, 0.1) is 0 Å². The molecule has 10 aromatic rings. The summed E-state index contributed by atoms with van der Waals surface area (Å²) in [6.45, 7) is 11.7. The predicted molar refractivity (Wildman–Crippen MR) is 271 cm³/mol. The van der Waals surface area contributed by atoms with Gasteiger partial charge in [0.2, 0.25) is 0 Å². The van der Waals surface area contributed by atoms with Gasteiger partial charge < -0.3 is 14.6 Å². The first kappa shape index (κ1) is 39.2. The minimum atomic E-state index is -0.145. The topological polar surface area (TPSA) is 28.4 Å². The molecule has 1 aliphatic rings. The summed E-state index contributed by atoms with van der Waals surface area (Å²) in [6.07, 6.45) is 0. The maximum absolute atomic E-state index is 6.18. The Hall–Kier alpha value is -7.62. The van der Waals surface area contributed by atoms with E-state index in [-0.39, 0.29) is 10.8 Å². The molecule has 310 valence electrons. The molecule has 3 heteroatoms. The van der Waals surface area contributed by atoms with Crippen LogP contribution >= 0.6 is 0 Å². The highest BCUT2D eigenvalue weighted by molar-refractivity contribution is 6.06. The maximum atomic E-state index is 6.18. The summed E-state index contributed by atoms with van der Waals surface area (Å²) in [6, 6.07) is 74.7. The number of anilines is 5. The molecule has 1 heterocycles. The van der Waals surface area contributed by atoms with Crippen LogP contribution in [0.2, 0.25) is 0 Å². The molecule has 0 saturated carbocycles. The quantitative estimate of drug-likeness (QED) is 0.165. The molecule has 0 bridgehead atoms. The van der Waals surface area contributed by atoms with E-state index in [2.05, 4.69) is 239 Å². The Kier molecular flexibility index (Phi) is 9.40. The van der Waals surface area contributed by atoms with Crippen LogP contribution in [0.15, 0.2) is 211 Å². The van der Waals surface area contributed by atoms with Crippen molar-refractivity contribution in [1.82, 2.24) is 0 Å². The summed E-state index contributed by atoms with van der Waals surface area (Å²) in [5, 5.41) is 6.06. The van der Waals surface area contributed by atoms with Gasteiger partial charge in [0.05, 0.1) is 5.69 Å². The summed E-state index contributed by atoms with van der Waals surface area (Å²) in [5.74, 6) is 0. The van der Waals surface area contributed by atoms with Gasteiger partial charge in [-0.15, -0.1) is 0 Å². The van der Waals surface area contributed by atoms with Crippen molar-refractivity contribution in [3.8, 4) is 44.5 Å². The van der Waals surface area contributed by atoms with Gasteiger partial charge in [0.1, 0.15) is 11.2 Å². The molecule has 0 radical (unpaired) electrons. The number of nitrogens with one attached hydrogen (secondary N) is 1. The zero-order chi connectivity index (χ0) is 43.6. The fourth-order valence-electron chi connectivity index (χ4n) is 9.85. The molecule has 3 nitrogen and oxygen atoms in total. The van der Waals surface area contributed by atoms with Crippen LogP contribution in [-0.4, -0.2) is 0 Å². The Bertz CT molecular complexity index is 3370. The molecule has 1 aliphatic carbocycles. The van der Waals surface area contributed by atoms with E-state index in [4.69, 9.17) is 4.42 Å². The van der Waals surface area contributed by atoms with E-state index in [0.29, 0.717) is 0 Å². The van der Waals surface area contributed by atoms with Crippen molar-refractivity contribution < 1.29 is 4.42 Å². The van der Waals surface area contributed by atoms with Gasteiger partial charge in [0, 0.05) is 50.1 Å². The Morgan fingerprint density at radius 2 is 1.14 bits per heavy atom. The number of benzene rings is 9. The number of fused-ring (bicyclic) bond motifs is 6. The van der Waals surface area contributed by atoms with Crippen LogP contribution in [0.4, 0.5) is 28.4 Å². The molecule has 9 aromatic carbocycles. The average Bonchev–Trinajstić information content (AvgIpc) is 3.81. The van der Waals surface area contributed by atoms with Crippen molar-refractivity contribution in [2.24, 2.45) is 0 Å². The second-order valence-electron chi connectivity index (χ2n) is 18.7. The van der Waals surface area contributed by atoms with E-state index >= 15 is 0 Å². The Morgan fingerprint density at radius 1 is 0.453 bits per heavy atom. The van der Waals surface area contributed by atoms with Gasteiger partial charge in [-0.1, -0.05) is 180 Å². The lowest BCUT2D eigenvalue weighted by atomic mass is 9.79. The highest BCUT2D eigenvalue weighted by Crippen LogP contribution is 2.54. The number of hydrogen-bond donors (Lipinski definition) is 1. The van der Waals surface area contributed by atoms with Gasteiger partial charge in [-0.3, -0.25) is 0 Å². The molecule has 0 saturated heterocycles. The van der Waals surface area contributed by atoms with Gasteiger partial charge in [-0.05, 0) is 116 Å². The zero-order valence-electron chi connectivity index (χ0n) is 37.0. The van der Waals surface area contributed by atoms with Crippen molar-refractivity contribution in [2.75, 3.05) is 10.2 Å². The first-order valence-electron chi connectivity index (χ1n) is 22.3. The van der Waals surface area contributed by atoms with Crippen molar-refractivity contribution in [3.05, 3.63) is 223 Å². The van der Waals surface area contributed by atoms with Crippen LogP contribution in [0.25, 0.3) is 66.4 Å². The standard InChI is InChI=1S/C61H50N2O/c1-60(2,3)43-32-35-51-54(38-43)61(4,5)53-25-16-24-50(59(51)53)48-22-10-13-27-56(48)63(46-20-15-19-44(39-46)62-55-26-12-9-21-47(55)41-17-7-6-8-18-41)45-33-29-40(30-34-45)42-31-36-58-52(37-42)49-23-11-14-28-57(49)64-58/h6-39,62H,1-5H3. The number of para-hydroxylation sites is 3. The van der Waals surface area contributed by atoms with Crippen LogP contribution in [0.1, 0.15) is 51.3 Å². The second kappa shape index (κ2) is 15.3. The normalized spacial score (nSPS) is 12.9. The lowest BCUT2D eigenvalue weighted by Gasteiger charge is -2.29. The summed E-state index contributed by atoms with van der Waals surface area (Å²) in [4.78, 5) is 2.42. The van der Waals surface area contributed by atoms with E-state index in [9.17, 15) is 0 Å². The smallest absolute Gasteiger partial charge is 0.135 e. The lowest BCUT2D eigenvalue weighted by Crippen LogP contribution is -2.17. The lowest BCUT2D eigenvalue weighted by molar-refractivity contribution is 0.584. The molecule has 1 aromatic heterocycles. The van der Waals surface area contributed by atoms with Crippen LogP contribution in [-0.2, 0) is 10.8 Å². The summed E-state index contributed by atoms with van der Waals surface area (Å²) in [7, 11) is 0. The fourth-order valence-corrected chi connectivity index (χ4v) is 9.85. The van der Waals surface area contributed by atoms with Crippen molar-refractivity contribution in [3.63, 3.8) is 0 Å². The minimum absolute atomic E-state index is 0.0543. The van der Waals surface area contributed by atoms with Crippen LogP contribution in [0.3, 0.4) is 0 Å². The number of nitrogens with zero attached hydrogens (tertiary/aromatic N) is 1. The predicted octanol–water partition coefficient (Wildman–Crippen LogP) is 17.4. The van der Waals surface area contributed by atoms with Gasteiger partial charge in [0.25, 0.3) is 0 Å². The number of hydrogen-bond acceptors (Lipinski definition) is 3. The third-order valence-electron chi connectivity index (χ3n) is 13.2. The fraction of sp³-hybridized carbons (Fsp3) is 0.115. The van der Waals surface area contributed by atoms with Crippen molar-refractivity contribution in [2.45, 2.75) is 45.4 Å². The van der Waals surface area contributed by atoms with Gasteiger partial charge in [-0.25, -0.2) is 0 Å². The highest BCUT2D eigenvalue weighted by atomic mass is 16.3. The monoisotopic (exact) mass is 826 g/mol. The summed E-state index contributed by atoms with van der Waals surface area (Å²) >= 11 is 0. The molecule has 0 spiro atoms. The van der Waals surface area contributed by atoms with E-state index in [1.54, 1.807) is 0 Å². The molecule has 0 aliphatic heterocycles. The number of furan rings is 1. The van der Waals surface area contributed by atoms with E-state index in [1.165, 1.54) is 44.5 Å². The van der Waals surface area contributed by atoms with Gasteiger partial charge in [0.15, 0.2) is 0 Å². The number of rotatable bonds is 8. The van der Waals surface area contributed by atoms with Crippen LogP contribution < -0.4 is 10.2 Å². The first-order chi connectivity index (χ1) is 31.1. The average molecular weight is 827 g/mol. The molecular weight excluding hydrogens is 777 g/mol. The Labute approximate surface area is 376 Å². The van der Waals surface area contributed by atoms with Crippen LogP contribution in [0.5, 0.6) is 0 Å².